The summed E-state index contributed by atoms with van der Waals surface area (Å²) in [6, 6.07) is 9.11. The molecule has 5 nitrogen and oxygen atoms in total. The number of carbonyl (C=O) groups is 2. The van der Waals surface area contributed by atoms with Crippen LogP contribution in [0.4, 0.5) is 5.69 Å². The predicted octanol–water partition coefficient (Wildman–Crippen LogP) is 2.00. The van der Waals surface area contributed by atoms with Crippen LogP contribution in [0.3, 0.4) is 0 Å². The van der Waals surface area contributed by atoms with E-state index in [1.165, 1.54) is 9.80 Å². The quantitative estimate of drug-likeness (QED) is 0.484. The van der Waals surface area contributed by atoms with E-state index in [1.54, 1.807) is 25.4 Å². The number of hydrogen-bond acceptors (Lipinski definition) is 4. The summed E-state index contributed by atoms with van der Waals surface area (Å²) in [5.74, 6) is -0.750. The van der Waals surface area contributed by atoms with Crippen molar-refractivity contribution in [2.45, 2.75) is 13.8 Å². The normalized spacial score (nSPS) is 17.4. The second kappa shape index (κ2) is 6.70. The number of hydrogen-bond donors (Lipinski definition) is 0. The summed E-state index contributed by atoms with van der Waals surface area (Å²) >= 11 is 5.28. The van der Waals surface area contributed by atoms with Gasteiger partial charge in [0.2, 0.25) is 0 Å². The zero-order valence-corrected chi connectivity index (χ0v) is 13.8. The van der Waals surface area contributed by atoms with Crippen LogP contribution in [0, 0.1) is 0 Å². The zero-order valence-electron chi connectivity index (χ0n) is 12.9. The largest absolute Gasteiger partial charge is 0.377 e. The Hall–Kier alpha value is -2.21. The lowest BCUT2D eigenvalue weighted by Gasteiger charge is -2.35. The molecule has 1 aliphatic rings. The van der Waals surface area contributed by atoms with Crippen LogP contribution in [-0.2, 0) is 9.59 Å². The monoisotopic (exact) mass is 317 g/mol. The van der Waals surface area contributed by atoms with Crippen LogP contribution < -0.4 is 4.90 Å². The van der Waals surface area contributed by atoms with E-state index in [0.29, 0.717) is 5.69 Å². The minimum Gasteiger partial charge on any atom is -0.377 e. The standard InChI is InChI=1S/C16H19N3O2S/c1-4-18(5-2)11-13-14(20)17(3)16(22)19(15(13)21)12-9-7-6-8-10-12/h6-11H,4-5H2,1-3H3. The van der Waals surface area contributed by atoms with Crippen molar-refractivity contribution >= 4 is 34.8 Å². The fourth-order valence-electron chi connectivity index (χ4n) is 2.22. The van der Waals surface area contributed by atoms with Gasteiger partial charge in [-0.05, 0) is 38.2 Å². The second-order valence-corrected chi connectivity index (χ2v) is 5.25. The minimum atomic E-state index is -0.383. The van der Waals surface area contributed by atoms with Crippen LogP contribution in [0.1, 0.15) is 13.8 Å². The van der Waals surface area contributed by atoms with Crippen molar-refractivity contribution in [1.82, 2.24) is 9.80 Å². The van der Waals surface area contributed by atoms with Gasteiger partial charge >= 0.3 is 0 Å². The van der Waals surface area contributed by atoms with Crippen molar-refractivity contribution in [1.29, 1.82) is 0 Å². The maximum atomic E-state index is 12.8. The molecule has 1 aromatic carbocycles. The molecule has 6 heteroatoms. The van der Waals surface area contributed by atoms with E-state index in [4.69, 9.17) is 12.2 Å². The van der Waals surface area contributed by atoms with E-state index in [0.717, 1.165) is 13.1 Å². The molecule has 1 heterocycles. The van der Waals surface area contributed by atoms with Gasteiger partial charge in [0.15, 0.2) is 5.11 Å². The molecule has 0 spiro atoms. The van der Waals surface area contributed by atoms with Gasteiger partial charge in [-0.2, -0.15) is 0 Å². The number of anilines is 1. The summed E-state index contributed by atoms with van der Waals surface area (Å²) in [4.78, 5) is 29.8. The highest BCUT2D eigenvalue weighted by atomic mass is 32.1. The van der Waals surface area contributed by atoms with Gasteiger partial charge in [0.05, 0.1) is 5.69 Å². The van der Waals surface area contributed by atoms with Crippen LogP contribution >= 0.6 is 12.2 Å². The lowest BCUT2D eigenvalue weighted by atomic mass is 10.1. The Morgan fingerprint density at radius 2 is 1.68 bits per heavy atom. The van der Waals surface area contributed by atoms with E-state index < -0.39 is 0 Å². The first-order chi connectivity index (χ1) is 10.5. The number of carbonyl (C=O) groups excluding carboxylic acids is 2. The molecule has 0 atom stereocenters. The molecule has 1 saturated heterocycles. The van der Waals surface area contributed by atoms with Crippen molar-refractivity contribution < 1.29 is 9.59 Å². The Morgan fingerprint density at radius 1 is 1.09 bits per heavy atom. The highest BCUT2D eigenvalue weighted by Gasteiger charge is 2.38. The molecule has 1 fully saturated rings. The molecule has 0 aromatic heterocycles. The Balaban J connectivity index is 2.47. The van der Waals surface area contributed by atoms with Gasteiger partial charge in [0, 0.05) is 26.3 Å². The molecule has 0 radical (unpaired) electrons. The summed E-state index contributed by atoms with van der Waals surface area (Å²) in [5, 5.41) is 0.192. The van der Waals surface area contributed by atoms with Crippen LogP contribution in [-0.4, -0.2) is 46.9 Å². The number of para-hydroxylation sites is 1. The highest BCUT2D eigenvalue weighted by Crippen LogP contribution is 2.24. The van der Waals surface area contributed by atoms with Gasteiger partial charge in [0.25, 0.3) is 11.8 Å². The maximum Gasteiger partial charge on any atom is 0.271 e. The summed E-state index contributed by atoms with van der Waals surface area (Å²) < 4.78 is 0. The number of thiocarbonyl (C=S) groups is 1. The summed E-state index contributed by atoms with van der Waals surface area (Å²) in [7, 11) is 1.59. The minimum absolute atomic E-state index is 0.128. The lowest BCUT2D eigenvalue weighted by molar-refractivity contribution is -0.127. The molecule has 0 bridgehead atoms. The van der Waals surface area contributed by atoms with Crippen molar-refractivity contribution in [2.75, 3.05) is 25.0 Å². The second-order valence-electron chi connectivity index (χ2n) is 4.89. The first-order valence-corrected chi connectivity index (χ1v) is 7.59. The van der Waals surface area contributed by atoms with Gasteiger partial charge in [-0.1, -0.05) is 18.2 Å². The molecule has 0 N–H and O–H groups in total. The Kier molecular flexibility index (Phi) is 4.92. The number of rotatable bonds is 4. The molecule has 2 amide bonds. The fourth-order valence-corrected chi connectivity index (χ4v) is 2.49. The van der Waals surface area contributed by atoms with E-state index in [-0.39, 0.29) is 22.5 Å². The number of amides is 2. The van der Waals surface area contributed by atoms with E-state index in [9.17, 15) is 9.59 Å². The van der Waals surface area contributed by atoms with Crippen molar-refractivity contribution in [3.05, 3.63) is 42.1 Å². The molecule has 0 aliphatic carbocycles. The third-order valence-electron chi connectivity index (χ3n) is 3.59. The average molecular weight is 317 g/mol. The third-order valence-corrected chi connectivity index (χ3v) is 4.04. The van der Waals surface area contributed by atoms with Crippen molar-refractivity contribution in [3.63, 3.8) is 0 Å². The van der Waals surface area contributed by atoms with Crippen LogP contribution in [0.15, 0.2) is 42.1 Å². The highest BCUT2D eigenvalue weighted by molar-refractivity contribution is 7.80. The predicted molar refractivity (Wildman–Crippen MR) is 90.3 cm³/mol. The average Bonchev–Trinajstić information content (AvgIpc) is 2.54. The Morgan fingerprint density at radius 3 is 2.23 bits per heavy atom. The SMILES string of the molecule is CCN(C=C1C(=O)N(C)C(=S)N(c2ccccc2)C1=O)CC. The van der Waals surface area contributed by atoms with Gasteiger partial charge in [0.1, 0.15) is 5.57 Å². The molecule has 0 saturated carbocycles. The van der Waals surface area contributed by atoms with E-state index in [2.05, 4.69) is 0 Å². The molecular weight excluding hydrogens is 298 g/mol. The van der Waals surface area contributed by atoms with Gasteiger partial charge in [-0.25, -0.2) is 0 Å². The maximum absolute atomic E-state index is 12.8. The summed E-state index contributed by atoms with van der Waals surface area (Å²) in [6.07, 6.45) is 1.62. The number of nitrogens with zero attached hydrogens (tertiary/aromatic N) is 3. The summed E-state index contributed by atoms with van der Waals surface area (Å²) in [5.41, 5.74) is 0.783. The van der Waals surface area contributed by atoms with Crippen LogP contribution in [0.25, 0.3) is 0 Å². The number of benzene rings is 1. The zero-order chi connectivity index (χ0) is 16.3. The number of likely N-dealkylation sites (N-methyl/N-ethyl adjacent to an activating group) is 1. The molecule has 1 aliphatic heterocycles. The first kappa shape index (κ1) is 16.2. The van der Waals surface area contributed by atoms with Crippen molar-refractivity contribution in [2.24, 2.45) is 0 Å². The van der Waals surface area contributed by atoms with E-state index in [1.807, 2.05) is 36.9 Å². The van der Waals surface area contributed by atoms with Gasteiger partial charge in [-0.15, -0.1) is 0 Å². The third kappa shape index (κ3) is 2.87. The van der Waals surface area contributed by atoms with E-state index >= 15 is 0 Å². The Bertz CT molecular complexity index is 624. The molecule has 0 unspecified atom stereocenters. The molecule has 2 rings (SSSR count). The smallest absolute Gasteiger partial charge is 0.271 e. The first-order valence-electron chi connectivity index (χ1n) is 7.18. The fraction of sp³-hybridized carbons (Fsp3) is 0.312. The Labute approximate surface area is 135 Å². The molecular formula is C16H19N3O2S. The molecule has 22 heavy (non-hydrogen) atoms. The molecule has 116 valence electrons. The topological polar surface area (TPSA) is 43.9 Å². The summed E-state index contributed by atoms with van der Waals surface area (Å²) in [6.45, 7) is 5.39. The lowest BCUT2D eigenvalue weighted by Crippen LogP contribution is -2.55. The van der Waals surface area contributed by atoms with Gasteiger partial charge < -0.3 is 4.90 Å². The van der Waals surface area contributed by atoms with Crippen LogP contribution in [0.2, 0.25) is 0 Å². The van der Waals surface area contributed by atoms with Crippen LogP contribution in [0.5, 0.6) is 0 Å². The van der Waals surface area contributed by atoms with Gasteiger partial charge in [-0.3, -0.25) is 19.4 Å². The molecule has 1 aromatic rings. The van der Waals surface area contributed by atoms with Crippen molar-refractivity contribution in [3.8, 4) is 0 Å².